The number of hydrogen-bond acceptors (Lipinski definition) is 2. The van der Waals surface area contributed by atoms with Gasteiger partial charge in [-0.05, 0) is 32.4 Å². The van der Waals surface area contributed by atoms with Gasteiger partial charge in [-0.2, -0.15) is 0 Å². The van der Waals surface area contributed by atoms with Gasteiger partial charge in [-0.3, -0.25) is 4.79 Å². The molecule has 102 valence electrons. The summed E-state index contributed by atoms with van der Waals surface area (Å²) in [5.74, 6) is 5.81. The van der Waals surface area contributed by atoms with Crippen LogP contribution in [0.25, 0.3) is 0 Å². The molecule has 1 aromatic rings. The van der Waals surface area contributed by atoms with E-state index in [9.17, 15) is 4.79 Å². The molecule has 0 aromatic heterocycles. The van der Waals surface area contributed by atoms with E-state index in [-0.39, 0.29) is 11.9 Å². The first-order valence-electron chi connectivity index (χ1n) is 6.74. The first-order chi connectivity index (χ1) is 9.15. The third-order valence-corrected chi connectivity index (χ3v) is 3.21. The topological polar surface area (TPSA) is 46.3 Å². The average molecular weight is 258 g/mol. The molecule has 3 nitrogen and oxygen atoms in total. The van der Waals surface area contributed by atoms with Gasteiger partial charge in [-0.1, -0.05) is 30.9 Å². The maximum absolute atomic E-state index is 12.6. The van der Waals surface area contributed by atoms with Gasteiger partial charge in [-0.25, -0.2) is 0 Å². The molecule has 1 aromatic carbocycles. The Morgan fingerprint density at radius 2 is 2.05 bits per heavy atom. The highest BCUT2D eigenvalue weighted by molar-refractivity contribution is 5.96. The summed E-state index contributed by atoms with van der Waals surface area (Å²) < 4.78 is 0. The third kappa shape index (κ3) is 3.84. The number of amides is 1. The van der Waals surface area contributed by atoms with E-state index in [4.69, 9.17) is 5.73 Å². The second kappa shape index (κ2) is 7.60. The molecule has 1 rings (SSSR count). The van der Waals surface area contributed by atoms with Crippen molar-refractivity contribution in [3.63, 3.8) is 0 Å². The van der Waals surface area contributed by atoms with Crippen LogP contribution >= 0.6 is 0 Å². The molecule has 19 heavy (non-hydrogen) atoms. The van der Waals surface area contributed by atoms with Crippen molar-refractivity contribution in [2.75, 3.05) is 13.1 Å². The molecule has 2 N–H and O–H groups in total. The molecule has 1 atom stereocenters. The summed E-state index contributed by atoms with van der Waals surface area (Å²) in [7, 11) is 0. The van der Waals surface area contributed by atoms with Gasteiger partial charge in [0, 0.05) is 18.2 Å². The number of hydrogen-bond donors (Lipinski definition) is 1. The maximum atomic E-state index is 12.6. The molecular formula is C16H22N2O. The molecule has 0 radical (unpaired) electrons. The minimum atomic E-state index is 0.0405. The van der Waals surface area contributed by atoms with Crippen molar-refractivity contribution in [3.05, 3.63) is 35.4 Å². The van der Waals surface area contributed by atoms with Crippen molar-refractivity contribution >= 4 is 5.91 Å². The van der Waals surface area contributed by atoms with Gasteiger partial charge in [0.2, 0.25) is 0 Å². The third-order valence-electron chi connectivity index (χ3n) is 3.21. The maximum Gasteiger partial charge on any atom is 0.255 e. The number of carbonyl (C=O) groups is 1. The highest BCUT2D eigenvalue weighted by atomic mass is 16.2. The lowest BCUT2D eigenvalue weighted by atomic mass is 10.1. The SMILES string of the molecule is CCC(C)N(CC)C(=O)c1ccccc1C#CCN. The van der Waals surface area contributed by atoms with Crippen molar-refractivity contribution in [2.24, 2.45) is 5.73 Å². The van der Waals surface area contributed by atoms with E-state index in [1.54, 1.807) is 0 Å². The van der Waals surface area contributed by atoms with Crippen LogP contribution in [0.3, 0.4) is 0 Å². The van der Waals surface area contributed by atoms with Gasteiger partial charge in [0.15, 0.2) is 0 Å². The molecule has 0 aliphatic rings. The minimum Gasteiger partial charge on any atom is -0.336 e. The molecule has 0 saturated heterocycles. The Labute approximate surface area is 115 Å². The summed E-state index contributed by atoms with van der Waals surface area (Å²) >= 11 is 0. The summed E-state index contributed by atoms with van der Waals surface area (Å²) in [5, 5.41) is 0. The van der Waals surface area contributed by atoms with E-state index in [0.29, 0.717) is 18.7 Å². The van der Waals surface area contributed by atoms with Crippen molar-refractivity contribution < 1.29 is 4.79 Å². The van der Waals surface area contributed by atoms with E-state index in [1.165, 1.54) is 0 Å². The van der Waals surface area contributed by atoms with Crippen LogP contribution in [0.2, 0.25) is 0 Å². The molecule has 0 bridgehead atoms. The fourth-order valence-corrected chi connectivity index (χ4v) is 1.96. The Bertz CT molecular complexity index is 485. The second-order valence-electron chi connectivity index (χ2n) is 4.40. The quantitative estimate of drug-likeness (QED) is 0.842. The zero-order valence-electron chi connectivity index (χ0n) is 11.9. The summed E-state index contributed by atoms with van der Waals surface area (Å²) in [4.78, 5) is 14.5. The Balaban J connectivity index is 3.11. The minimum absolute atomic E-state index is 0.0405. The summed E-state index contributed by atoms with van der Waals surface area (Å²) in [6.45, 7) is 7.15. The van der Waals surface area contributed by atoms with Crippen LogP contribution in [0.1, 0.15) is 43.1 Å². The van der Waals surface area contributed by atoms with Gasteiger partial charge in [0.25, 0.3) is 5.91 Å². The van der Waals surface area contributed by atoms with Crippen LogP contribution in [0.5, 0.6) is 0 Å². The molecule has 3 heteroatoms. The molecule has 0 spiro atoms. The lowest BCUT2D eigenvalue weighted by Gasteiger charge is -2.27. The van der Waals surface area contributed by atoms with Crippen LogP contribution < -0.4 is 5.73 Å². The van der Waals surface area contributed by atoms with Gasteiger partial charge in [-0.15, -0.1) is 0 Å². The molecule has 0 fully saturated rings. The molecule has 0 aliphatic carbocycles. The highest BCUT2D eigenvalue weighted by Gasteiger charge is 2.20. The Morgan fingerprint density at radius 1 is 1.37 bits per heavy atom. The van der Waals surface area contributed by atoms with Crippen molar-refractivity contribution in [3.8, 4) is 11.8 Å². The Kier molecular flexibility index (Phi) is 6.11. The summed E-state index contributed by atoms with van der Waals surface area (Å²) in [5.41, 5.74) is 6.80. The van der Waals surface area contributed by atoms with E-state index < -0.39 is 0 Å². The Morgan fingerprint density at radius 3 is 2.63 bits per heavy atom. The fourth-order valence-electron chi connectivity index (χ4n) is 1.96. The number of nitrogens with two attached hydrogens (primary N) is 1. The predicted molar refractivity (Wildman–Crippen MR) is 78.8 cm³/mol. The van der Waals surface area contributed by atoms with E-state index >= 15 is 0 Å². The normalized spacial score (nSPS) is 11.4. The lowest BCUT2D eigenvalue weighted by Crippen LogP contribution is -2.38. The number of rotatable bonds is 4. The number of carbonyl (C=O) groups excluding carboxylic acids is 1. The average Bonchev–Trinajstić information content (AvgIpc) is 2.45. The molecule has 0 aliphatic heterocycles. The monoisotopic (exact) mass is 258 g/mol. The highest BCUT2D eigenvalue weighted by Crippen LogP contribution is 2.14. The summed E-state index contributed by atoms with van der Waals surface area (Å²) in [6, 6.07) is 7.67. The van der Waals surface area contributed by atoms with Crippen LogP contribution in [-0.4, -0.2) is 29.9 Å². The van der Waals surface area contributed by atoms with Gasteiger partial charge in [0.1, 0.15) is 0 Å². The van der Waals surface area contributed by atoms with Crippen molar-refractivity contribution in [1.29, 1.82) is 0 Å². The molecule has 0 heterocycles. The van der Waals surface area contributed by atoms with Crippen LogP contribution in [0.4, 0.5) is 0 Å². The standard InChI is InChI=1S/C16H22N2O/c1-4-13(3)18(5-2)16(19)15-11-7-6-9-14(15)10-8-12-17/h6-7,9,11,13H,4-5,12,17H2,1-3H3. The number of benzene rings is 1. The number of nitrogens with zero attached hydrogens (tertiary/aromatic N) is 1. The molecule has 1 amide bonds. The van der Waals surface area contributed by atoms with Crippen LogP contribution in [-0.2, 0) is 0 Å². The van der Waals surface area contributed by atoms with Crippen molar-refractivity contribution in [2.45, 2.75) is 33.2 Å². The van der Waals surface area contributed by atoms with Gasteiger partial charge >= 0.3 is 0 Å². The van der Waals surface area contributed by atoms with E-state index in [2.05, 4.69) is 25.7 Å². The van der Waals surface area contributed by atoms with Crippen LogP contribution in [0, 0.1) is 11.8 Å². The van der Waals surface area contributed by atoms with Gasteiger partial charge in [0.05, 0.1) is 12.1 Å². The summed E-state index contributed by atoms with van der Waals surface area (Å²) in [6.07, 6.45) is 0.941. The largest absolute Gasteiger partial charge is 0.336 e. The second-order valence-corrected chi connectivity index (χ2v) is 4.40. The first kappa shape index (κ1) is 15.3. The fraction of sp³-hybridized carbons (Fsp3) is 0.438. The van der Waals surface area contributed by atoms with E-state index in [0.717, 1.165) is 12.0 Å². The Hall–Kier alpha value is -1.79. The zero-order chi connectivity index (χ0) is 14.3. The molecule has 0 saturated carbocycles. The zero-order valence-corrected chi connectivity index (χ0v) is 11.9. The molecule has 1 unspecified atom stereocenters. The first-order valence-corrected chi connectivity index (χ1v) is 6.74. The predicted octanol–water partition coefficient (Wildman–Crippen LogP) is 2.26. The van der Waals surface area contributed by atoms with E-state index in [1.807, 2.05) is 36.1 Å². The van der Waals surface area contributed by atoms with Crippen molar-refractivity contribution in [1.82, 2.24) is 4.90 Å². The smallest absolute Gasteiger partial charge is 0.255 e. The molecular weight excluding hydrogens is 236 g/mol. The van der Waals surface area contributed by atoms with Gasteiger partial charge < -0.3 is 10.6 Å². The lowest BCUT2D eigenvalue weighted by molar-refractivity contribution is 0.0699. The van der Waals surface area contributed by atoms with Crippen LogP contribution in [0.15, 0.2) is 24.3 Å².